The number of hydrogen-bond acceptors (Lipinski definition) is 2. The molecule has 15 heavy (non-hydrogen) atoms. The second-order valence-electron chi connectivity index (χ2n) is 5.60. The number of carbonyl (C=O) groups excluding carboxylic acids is 1. The van der Waals surface area contributed by atoms with Gasteiger partial charge < -0.3 is 10.6 Å². The first-order valence-corrected chi connectivity index (χ1v) is 6.27. The molecule has 3 heteroatoms. The van der Waals surface area contributed by atoms with Gasteiger partial charge in [-0.1, -0.05) is 0 Å². The second-order valence-corrected chi connectivity index (χ2v) is 5.60. The molecule has 1 aliphatic heterocycles. The molecule has 0 aromatic heterocycles. The Morgan fingerprint density at radius 3 is 2.27 bits per heavy atom. The predicted molar refractivity (Wildman–Crippen MR) is 58.1 cm³/mol. The highest BCUT2D eigenvalue weighted by molar-refractivity contribution is 5.79. The lowest BCUT2D eigenvalue weighted by Crippen LogP contribution is -2.34. The van der Waals surface area contributed by atoms with Crippen LogP contribution in [-0.2, 0) is 4.79 Å². The maximum atomic E-state index is 11.7. The van der Waals surface area contributed by atoms with Crippen molar-refractivity contribution < 1.29 is 4.79 Å². The van der Waals surface area contributed by atoms with E-state index in [1.807, 2.05) is 4.90 Å². The third-order valence-corrected chi connectivity index (χ3v) is 4.13. The van der Waals surface area contributed by atoms with E-state index in [2.05, 4.69) is 0 Å². The summed E-state index contributed by atoms with van der Waals surface area (Å²) in [5, 5.41) is 0. The lowest BCUT2D eigenvalue weighted by Gasteiger charge is -2.23. The molecule has 1 amide bonds. The van der Waals surface area contributed by atoms with Gasteiger partial charge in [0.2, 0.25) is 5.91 Å². The molecule has 2 aliphatic carbocycles. The molecule has 3 aliphatic rings. The van der Waals surface area contributed by atoms with Crippen LogP contribution < -0.4 is 5.73 Å². The van der Waals surface area contributed by atoms with E-state index in [9.17, 15) is 4.79 Å². The molecule has 0 bridgehead atoms. The van der Waals surface area contributed by atoms with Crippen molar-refractivity contribution in [3.63, 3.8) is 0 Å². The van der Waals surface area contributed by atoms with E-state index in [0.717, 1.165) is 30.8 Å². The standard InChI is InChI=1S/C12H20N2O/c13-10-5-12(15)14(6-10)7-11(8-1-2-8)9-3-4-9/h8-11H,1-7,13H2. The molecule has 0 aromatic carbocycles. The van der Waals surface area contributed by atoms with Crippen molar-refractivity contribution in [3.05, 3.63) is 0 Å². The first-order valence-electron chi connectivity index (χ1n) is 6.27. The van der Waals surface area contributed by atoms with Gasteiger partial charge in [-0.2, -0.15) is 0 Å². The minimum atomic E-state index is 0.0940. The third-order valence-electron chi connectivity index (χ3n) is 4.13. The lowest BCUT2D eigenvalue weighted by atomic mass is 9.97. The van der Waals surface area contributed by atoms with Crippen molar-refractivity contribution in [2.24, 2.45) is 23.5 Å². The van der Waals surface area contributed by atoms with Crippen LogP contribution >= 0.6 is 0 Å². The summed E-state index contributed by atoms with van der Waals surface area (Å²) in [6.07, 6.45) is 6.16. The van der Waals surface area contributed by atoms with Crippen molar-refractivity contribution in [2.45, 2.75) is 38.1 Å². The summed E-state index contributed by atoms with van der Waals surface area (Å²) in [5.41, 5.74) is 5.81. The molecule has 0 spiro atoms. The fourth-order valence-corrected chi connectivity index (χ4v) is 2.97. The number of amides is 1. The molecule has 1 unspecified atom stereocenters. The molecule has 84 valence electrons. The average molecular weight is 208 g/mol. The normalized spacial score (nSPS) is 31.7. The Morgan fingerprint density at radius 2 is 1.87 bits per heavy atom. The zero-order valence-electron chi connectivity index (χ0n) is 9.19. The number of carbonyl (C=O) groups is 1. The van der Waals surface area contributed by atoms with Gasteiger partial charge in [0, 0.05) is 25.6 Å². The van der Waals surface area contributed by atoms with Gasteiger partial charge in [0.25, 0.3) is 0 Å². The number of likely N-dealkylation sites (tertiary alicyclic amines) is 1. The van der Waals surface area contributed by atoms with Gasteiger partial charge in [0.1, 0.15) is 0 Å². The van der Waals surface area contributed by atoms with Crippen LogP contribution in [0.1, 0.15) is 32.1 Å². The first kappa shape index (κ1) is 9.64. The van der Waals surface area contributed by atoms with Gasteiger partial charge in [-0.15, -0.1) is 0 Å². The maximum absolute atomic E-state index is 11.7. The average Bonchev–Trinajstić information content (AvgIpc) is 3.05. The fraction of sp³-hybridized carbons (Fsp3) is 0.917. The number of nitrogens with two attached hydrogens (primary N) is 1. The highest BCUT2D eigenvalue weighted by Gasteiger charge is 2.43. The van der Waals surface area contributed by atoms with Gasteiger partial charge in [0.05, 0.1) is 0 Å². The quantitative estimate of drug-likeness (QED) is 0.748. The van der Waals surface area contributed by atoms with Crippen LogP contribution in [0.2, 0.25) is 0 Å². The summed E-state index contributed by atoms with van der Waals surface area (Å²) in [4.78, 5) is 13.7. The summed E-state index contributed by atoms with van der Waals surface area (Å²) in [6.45, 7) is 1.80. The number of rotatable bonds is 4. The van der Waals surface area contributed by atoms with E-state index in [0.29, 0.717) is 6.42 Å². The Kier molecular flexibility index (Phi) is 2.23. The molecule has 3 rings (SSSR count). The van der Waals surface area contributed by atoms with Gasteiger partial charge >= 0.3 is 0 Å². The number of nitrogens with zero attached hydrogens (tertiary/aromatic N) is 1. The van der Waals surface area contributed by atoms with Crippen LogP contribution in [0, 0.1) is 17.8 Å². The molecular weight excluding hydrogens is 188 g/mol. The van der Waals surface area contributed by atoms with E-state index in [1.165, 1.54) is 25.7 Å². The SMILES string of the molecule is NC1CC(=O)N(CC(C2CC2)C2CC2)C1. The topological polar surface area (TPSA) is 46.3 Å². The van der Waals surface area contributed by atoms with Gasteiger partial charge in [-0.05, 0) is 43.4 Å². The van der Waals surface area contributed by atoms with E-state index in [1.54, 1.807) is 0 Å². The van der Waals surface area contributed by atoms with Crippen LogP contribution in [0.5, 0.6) is 0 Å². The Hall–Kier alpha value is -0.570. The first-order chi connectivity index (χ1) is 7.24. The van der Waals surface area contributed by atoms with Crippen molar-refractivity contribution in [3.8, 4) is 0 Å². The predicted octanol–water partition coefficient (Wildman–Crippen LogP) is 0.982. The van der Waals surface area contributed by atoms with Crippen LogP contribution in [0.25, 0.3) is 0 Å². The van der Waals surface area contributed by atoms with Crippen molar-refractivity contribution >= 4 is 5.91 Å². The molecule has 0 aromatic rings. The smallest absolute Gasteiger partial charge is 0.224 e. The van der Waals surface area contributed by atoms with Gasteiger partial charge in [-0.3, -0.25) is 4.79 Å². The van der Waals surface area contributed by atoms with Gasteiger partial charge in [0.15, 0.2) is 0 Å². The highest BCUT2D eigenvalue weighted by Crippen LogP contribution is 2.49. The minimum absolute atomic E-state index is 0.0940. The Labute approximate surface area is 91.0 Å². The third kappa shape index (κ3) is 2.03. The molecule has 1 heterocycles. The second kappa shape index (κ2) is 3.48. The Balaban J connectivity index is 1.60. The van der Waals surface area contributed by atoms with Crippen LogP contribution in [0.4, 0.5) is 0 Å². The minimum Gasteiger partial charge on any atom is -0.341 e. The molecule has 2 saturated carbocycles. The summed E-state index contributed by atoms with van der Waals surface area (Å²) < 4.78 is 0. The maximum Gasteiger partial charge on any atom is 0.224 e. The fourth-order valence-electron chi connectivity index (χ4n) is 2.97. The Morgan fingerprint density at radius 1 is 1.27 bits per heavy atom. The summed E-state index contributed by atoms with van der Waals surface area (Å²) >= 11 is 0. The van der Waals surface area contributed by atoms with Crippen LogP contribution in [-0.4, -0.2) is 29.9 Å². The summed E-state index contributed by atoms with van der Waals surface area (Å²) in [7, 11) is 0. The molecule has 2 N–H and O–H groups in total. The number of hydrogen-bond donors (Lipinski definition) is 1. The zero-order valence-corrected chi connectivity index (χ0v) is 9.19. The van der Waals surface area contributed by atoms with Gasteiger partial charge in [-0.25, -0.2) is 0 Å². The lowest BCUT2D eigenvalue weighted by molar-refractivity contribution is -0.128. The van der Waals surface area contributed by atoms with Crippen molar-refractivity contribution in [1.82, 2.24) is 4.90 Å². The molecule has 0 radical (unpaired) electrons. The van der Waals surface area contributed by atoms with E-state index >= 15 is 0 Å². The largest absolute Gasteiger partial charge is 0.341 e. The van der Waals surface area contributed by atoms with Crippen molar-refractivity contribution in [2.75, 3.05) is 13.1 Å². The zero-order chi connectivity index (χ0) is 10.4. The van der Waals surface area contributed by atoms with Crippen molar-refractivity contribution in [1.29, 1.82) is 0 Å². The van der Waals surface area contributed by atoms with Crippen LogP contribution in [0.3, 0.4) is 0 Å². The molecule has 3 nitrogen and oxygen atoms in total. The van der Waals surface area contributed by atoms with Crippen LogP contribution in [0.15, 0.2) is 0 Å². The van der Waals surface area contributed by atoms with E-state index in [4.69, 9.17) is 5.73 Å². The monoisotopic (exact) mass is 208 g/mol. The summed E-state index contributed by atoms with van der Waals surface area (Å²) in [6, 6.07) is 0.0940. The molecule has 3 fully saturated rings. The molecule has 1 saturated heterocycles. The molecular formula is C12H20N2O. The summed E-state index contributed by atoms with van der Waals surface area (Å²) in [5.74, 6) is 2.96. The Bertz CT molecular complexity index is 259. The van der Waals surface area contributed by atoms with E-state index < -0.39 is 0 Å². The highest BCUT2D eigenvalue weighted by atomic mass is 16.2. The molecule has 1 atom stereocenters. The van der Waals surface area contributed by atoms with E-state index in [-0.39, 0.29) is 11.9 Å².